The fourth-order valence-corrected chi connectivity index (χ4v) is 2.87. The Morgan fingerprint density at radius 1 is 1.22 bits per heavy atom. The summed E-state index contributed by atoms with van der Waals surface area (Å²) in [4.78, 5) is 2.20. The average Bonchev–Trinajstić information content (AvgIpc) is 2.60. The maximum absolute atomic E-state index is 3.70. The van der Waals surface area contributed by atoms with E-state index in [-0.39, 0.29) is 0 Å². The van der Waals surface area contributed by atoms with Crippen molar-refractivity contribution in [3.8, 4) is 0 Å². The predicted molar refractivity (Wildman–Crippen MR) is 78.9 cm³/mol. The minimum absolute atomic E-state index is 0.433. The van der Waals surface area contributed by atoms with Gasteiger partial charge in [0.15, 0.2) is 0 Å². The van der Waals surface area contributed by atoms with Gasteiger partial charge in [-0.25, -0.2) is 0 Å². The monoisotopic (exact) mass is 246 g/mol. The van der Waals surface area contributed by atoms with Crippen molar-refractivity contribution in [2.45, 2.75) is 45.7 Å². The van der Waals surface area contributed by atoms with Gasteiger partial charge in [-0.15, -0.1) is 0 Å². The van der Waals surface area contributed by atoms with Crippen LogP contribution in [0, 0.1) is 5.41 Å². The second-order valence-electron chi connectivity index (χ2n) is 6.51. The van der Waals surface area contributed by atoms with Crippen molar-refractivity contribution >= 4 is 5.69 Å². The Hall–Kier alpha value is -1.02. The fraction of sp³-hybridized carbons (Fsp3) is 0.625. The van der Waals surface area contributed by atoms with Crippen molar-refractivity contribution in [2.75, 3.05) is 19.4 Å². The number of nitrogens with zero attached hydrogens (tertiary/aromatic N) is 1. The summed E-state index contributed by atoms with van der Waals surface area (Å²) in [5.74, 6) is 0. The van der Waals surface area contributed by atoms with Crippen LogP contribution in [0.4, 0.5) is 5.69 Å². The molecule has 1 atom stereocenters. The van der Waals surface area contributed by atoms with Crippen LogP contribution in [0.15, 0.2) is 24.3 Å². The van der Waals surface area contributed by atoms with Gasteiger partial charge in [0.1, 0.15) is 0 Å². The maximum atomic E-state index is 3.70. The molecule has 18 heavy (non-hydrogen) atoms. The largest absolute Gasteiger partial charge is 0.382 e. The van der Waals surface area contributed by atoms with E-state index in [9.17, 15) is 0 Å². The summed E-state index contributed by atoms with van der Waals surface area (Å²) < 4.78 is 0. The predicted octanol–water partition coefficient (Wildman–Crippen LogP) is 3.74. The van der Waals surface area contributed by atoms with Crippen LogP contribution in [-0.2, 0) is 6.54 Å². The summed E-state index contributed by atoms with van der Waals surface area (Å²) in [6.45, 7) is 5.76. The lowest BCUT2D eigenvalue weighted by Crippen LogP contribution is -2.30. The molecule has 0 heterocycles. The van der Waals surface area contributed by atoms with E-state index in [0.29, 0.717) is 11.5 Å². The van der Waals surface area contributed by atoms with Crippen molar-refractivity contribution in [3.63, 3.8) is 0 Å². The molecule has 2 rings (SSSR count). The Bertz CT molecular complexity index is 379. The lowest BCUT2D eigenvalue weighted by molar-refractivity contribution is 0.350. The molecule has 100 valence electrons. The molecule has 1 N–H and O–H groups in total. The quantitative estimate of drug-likeness (QED) is 0.870. The zero-order valence-corrected chi connectivity index (χ0v) is 12.2. The van der Waals surface area contributed by atoms with Crippen molar-refractivity contribution in [1.82, 2.24) is 4.90 Å². The maximum Gasteiger partial charge on any atom is 0.0342 e. The Morgan fingerprint density at radius 3 is 2.39 bits per heavy atom. The van der Waals surface area contributed by atoms with Crippen LogP contribution < -0.4 is 5.32 Å². The number of nitrogens with one attached hydrogen (secondary N) is 1. The summed E-state index contributed by atoms with van der Waals surface area (Å²) in [6, 6.07) is 9.51. The lowest BCUT2D eigenvalue weighted by Gasteiger charge is -2.28. The van der Waals surface area contributed by atoms with Crippen LogP contribution in [0.3, 0.4) is 0 Å². The molecule has 0 aromatic heterocycles. The van der Waals surface area contributed by atoms with Crippen LogP contribution in [-0.4, -0.2) is 25.0 Å². The summed E-state index contributed by atoms with van der Waals surface area (Å²) in [5, 5.41) is 3.70. The molecule has 1 aliphatic rings. The minimum Gasteiger partial charge on any atom is -0.382 e. The van der Waals surface area contributed by atoms with Gasteiger partial charge in [-0.2, -0.15) is 0 Å². The normalized spacial score (nSPS) is 22.4. The highest BCUT2D eigenvalue weighted by Gasteiger charge is 2.34. The fourth-order valence-electron chi connectivity index (χ4n) is 2.87. The number of hydrogen-bond donors (Lipinski definition) is 1. The van der Waals surface area contributed by atoms with Gasteiger partial charge >= 0.3 is 0 Å². The molecule has 1 aliphatic carbocycles. The van der Waals surface area contributed by atoms with E-state index in [2.05, 4.69) is 62.4 Å². The Labute approximate surface area is 111 Å². The molecule has 0 radical (unpaired) electrons. The third-order valence-electron chi connectivity index (χ3n) is 4.05. The highest BCUT2D eigenvalue weighted by atomic mass is 15.0. The molecule has 0 aliphatic heterocycles. The molecular formula is C16H26N2. The number of rotatable bonds is 4. The molecule has 2 heteroatoms. The summed E-state index contributed by atoms with van der Waals surface area (Å²) in [6.07, 6.45) is 3.99. The molecule has 1 saturated carbocycles. The Morgan fingerprint density at radius 2 is 1.89 bits per heavy atom. The van der Waals surface area contributed by atoms with Gasteiger partial charge in [0.25, 0.3) is 0 Å². The summed E-state index contributed by atoms with van der Waals surface area (Å²) >= 11 is 0. The first-order valence-electron chi connectivity index (χ1n) is 6.97. The van der Waals surface area contributed by atoms with E-state index in [1.165, 1.54) is 30.5 Å². The second-order valence-corrected chi connectivity index (χ2v) is 6.51. The number of anilines is 1. The second kappa shape index (κ2) is 5.31. The van der Waals surface area contributed by atoms with Crippen LogP contribution in [0.5, 0.6) is 0 Å². The van der Waals surface area contributed by atoms with Gasteiger partial charge in [0.05, 0.1) is 0 Å². The van der Waals surface area contributed by atoms with Gasteiger partial charge in [0, 0.05) is 18.3 Å². The Balaban J connectivity index is 1.98. The molecule has 0 amide bonds. The molecule has 1 aromatic carbocycles. The molecule has 0 bridgehead atoms. The lowest BCUT2D eigenvalue weighted by atomic mass is 9.87. The zero-order chi connectivity index (χ0) is 13.2. The molecule has 1 aromatic rings. The minimum atomic E-state index is 0.433. The zero-order valence-electron chi connectivity index (χ0n) is 12.2. The first-order chi connectivity index (χ1) is 8.47. The van der Waals surface area contributed by atoms with E-state index >= 15 is 0 Å². The molecule has 1 unspecified atom stereocenters. The summed E-state index contributed by atoms with van der Waals surface area (Å²) in [7, 11) is 4.21. The van der Waals surface area contributed by atoms with E-state index in [1.807, 2.05) is 0 Å². The van der Waals surface area contributed by atoms with Crippen molar-refractivity contribution in [2.24, 2.45) is 5.41 Å². The number of benzene rings is 1. The molecular weight excluding hydrogens is 220 g/mol. The van der Waals surface area contributed by atoms with Gasteiger partial charge < -0.3 is 10.2 Å². The van der Waals surface area contributed by atoms with Crippen LogP contribution in [0.25, 0.3) is 0 Å². The molecule has 1 fully saturated rings. The molecule has 0 spiro atoms. The van der Waals surface area contributed by atoms with Gasteiger partial charge in [0.2, 0.25) is 0 Å². The van der Waals surface area contributed by atoms with Gasteiger partial charge in [-0.3, -0.25) is 0 Å². The first kappa shape index (κ1) is 13.4. The Kier molecular flexibility index (Phi) is 3.96. The van der Waals surface area contributed by atoms with E-state index < -0.39 is 0 Å². The van der Waals surface area contributed by atoms with E-state index in [0.717, 1.165) is 6.54 Å². The van der Waals surface area contributed by atoms with Crippen LogP contribution >= 0.6 is 0 Å². The van der Waals surface area contributed by atoms with E-state index in [4.69, 9.17) is 0 Å². The van der Waals surface area contributed by atoms with Crippen molar-refractivity contribution < 1.29 is 0 Å². The van der Waals surface area contributed by atoms with Crippen molar-refractivity contribution in [1.29, 1.82) is 0 Å². The van der Waals surface area contributed by atoms with Crippen LogP contribution in [0.2, 0.25) is 0 Å². The molecule has 2 nitrogen and oxygen atoms in total. The first-order valence-corrected chi connectivity index (χ1v) is 6.97. The molecule has 0 saturated heterocycles. The highest BCUT2D eigenvalue weighted by molar-refractivity contribution is 5.46. The van der Waals surface area contributed by atoms with Gasteiger partial charge in [-0.1, -0.05) is 32.4 Å². The summed E-state index contributed by atoms with van der Waals surface area (Å²) in [5.41, 5.74) is 3.07. The van der Waals surface area contributed by atoms with Crippen LogP contribution in [0.1, 0.15) is 38.7 Å². The smallest absolute Gasteiger partial charge is 0.0342 e. The average molecular weight is 246 g/mol. The third kappa shape index (κ3) is 3.26. The SMILES string of the molecule is CN(C)Cc1ccc(NC2CCCC2(C)C)cc1. The van der Waals surface area contributed by atoms with Crippen molar-refractivity contribution in [3.05, 3.63) is 29.8 Å². The topological polar surface area (TPSA) is 15.3 Å². The van der Waals surface area contributed by atoms with E-state index in [1.54, 1.807) is 0 Å². The van der Waals surface area contributed by atoms with Gasteiger partial charge in [-0.05, 0) is 50.0 Å². The standard InChI is InChI=1S/C16H26N2/c1-16(2)11-5-6-15(16)17-14-9-7-13(8-10-14)12-18(3)4/h7-10,15,17H,5-6,11-12H2,1-4H3. The highest BCUT2D eigenvalue weighted by Crippen LogP contribution is 2.38. The number of hydrogen-bond acceptors (Lipinski definition) is 2. The third-order valence-corrected chi connectivity index (χ3v) is 4.05.